The number of benzene rings is 1. The van der Waals surface area contributed by atoms with Crippen LogP contribution in [0.1, 0.15) is 19.9 Å². The third kappa shape index (κ3) is 5.02. The van der Waals surface area contributed by atoms with Gasteiger partial charge in [0.15, 0.2) is 23.6 Å². The van der Waals surface area contributed by atoms with Crippen LogP contribution < -0.4 is 0 Å². The molecule has 1 aromatic heterocycles. The van der Waals surface area contributed by atoms with Gasteiger partial charge in [0.1, 0.15) is 30.6 Å². The maximum Gasteiger partial charge on any atom is 0.303 e. The topological polar surface area (TPSA) is 102 Å². The first-order chi connectivity index (χ1) is 14.7. The second-order valence-corrected chi connectivity index (χ2v) is 6.85. The number of rotatable bonds is 6. The summed E-state index contributed by atoms with van der Waals surface area (Å²) in [5, 5.41) is 7.87. The molecule has 0 aliphatic carbocycles. The van der Waals surface area contributed by atoms with Gasteiger partial charge in [-0.15, -0.1) is 5.10 Å². The van der Waals surface area contributed by atoms with Gasteiger partial charge in [-0.25, -0.2) is 17.9 Å². The molecule has 0 bridgehead atoms. The van der Waals surface area contributed by atoms with Crippen molar-refractivity contribution < 1.29 is 41.7 Å². The molecule has 2 aromatic rings. The molecule has 0 spiro atoms. The van der Waals surface area contributed by atoms with Crippen LogP contribution in [0.4, 0.5) is 13.2 Å². The fourth-order valence-electron chi connectivity index (χ4n) is 3.31. The van der Waals surface area contributed by atoms with Gasteiger partial charge in [0.2, 0.25) is 0 Å². The molecule has 1 aliphatic heterocycles. The molecule has 4 atom stereocenters. The van der Waals surface area contributed by atoms with E-state index in [4.69, 9.17) is 18.9 Å². The summed E-state index contributed by atoms with van der Waals surface area (Å²) in [6.07, 6.45) is -1.09. The van der Waals surface area contributed by atoms with Gasteiger partial charge in [-0.05, 0) is 12.1 Å². The molecular weight excluding hydrogens is 423 g/mol. The maximum atomic E-state index is 13.6. The zero-order valence-corrected chi connectivity index (χ0v) is 16.9. The number of halogens is 3. The van der Waals surface area contributed by atoms with E-state index in [0.29, 0.717) is 0 Å². The summed E-state index contributed by atoms with van der Waals surface area (Å²) in [6, 6.07) is 0.814. The van der Waals surface area contributed by atoms with Crippen molar-refractivity contribution in [3.8, 4) is 11.3 Å². The van der Waals surface area contributed by atoms with Crippen LogP contribution in [0, 0.1) is 17.5 Å². The van der Waals surface area contributed by atoms with Crippen molar-refractivity contribution in [2.24, 2.45) is 0 Å². The van der Waals surface area contributed by atoms with Crippen LogP contribution in [0.25, 0.3) is 11.3 Å². The minimum atomic E-state index is -1.59. The Morgan fingerprint density at radius 1 is 1.19 bits per heavy atom. The Morgan fingerprint density at radius 3 is 2.45 bits per heavy atom. The molecule has 31 heavy (non-hydrogen) atoms. The lowest BCUT2D eigenvalue weighted by atomic mass is 9.97. The van der Waals surface area contributed by atoms with Crippen LogP contribution in [-0.2, 0) is 28.5 Å². The number of ether oxygens (including phenoxy) is 4. The molecule has 2 heterocycles. The molecule has 0 amide bonds. The highest BCUT2D eigenvalue weighted by molar-refractivity contribution is 5.66. The minimum Gasteiger partial charge on any atom is -0.463 e. The summed E-state index contributed by atoms with van der Waals surface area (Å²) in [4.78, 5) is 22.9. The number of hydrogen-bond donors (Lipinski definition) is 0. The highest BCUT2D eigenvalue weighted by Crippen LogP contribution is 2.32. The van der Waals surface area contributed by atoms with Crippen molar-refractivity contribution in [1.82, 2.24) is 15.0 Å². The molecule has 1 saturated heterocycles. The molecule has 4 unspecified atom stereocenters. The number of hydrogen-bond acceptors (Lipinski definition) is 8. The number of esters is 2. The summed E-state index contributed by atoms with van der Waals surface area (Å²) in [6.45, 7) is 2.30. The third-order valence-electron chi connectivity index (χ3n) is 4.71. The van der Waals surface area contributed by atoms with Crippen molar-refractivity contribution in [1.29, 1.82) is 0 Å². The second kappa shape index (κ2) is 9.43. The Bertz CT molecular complexity index is 946. The Kier molecular flexibility index (Phi) is 6.91. The van der Waals surface area contributed by atoms with E-state index in [-0.39, 0.29) is 24.5 Å². The number of nitrogens with zero attached hydrogens (tertiary/aromatic N) is 3. The molecule has 168 valence electrons. The lowest BCUT2D eigenvalue weighted by Crippen LogP contribution is -2.54. The Morgan fingerprint density at radius 2 is 1.87 bits per heavy atom. The van der Waals surface area contributed by atoms with Gasteiger partial charge in [0.05, 0.1) is 12.8 Å². The van der Waals surface area contributed by atoms with Gasteiger partial charge < -0.3 is 18.9 Å². The van der Waals surface area contributed by atoms with E-state index in [2.05, 4.69) is 10.3 Å². The highest BCUT2D eigenvalue weighted by atomic mass is 19.2. The van der Waals surface area contributed by atoms with Crippen molar-refractivity contribution >= 4 is 11.9 Å². The first-order valence-electron chi connectivity index (χ1n) is 9.23. The summed E-state index contributed by atoms with van der Waals surface area (Å²) >= 11 is 0. The molecule has 0 radical (unpaired) electrons. The number of carbonyl (C=O) groups excluding carboxylic acids is 2. The van der Waals surface area contributed by atoms with E-state index in [1.165, 1.54) is 31.8 Å². The van der Waals surface area contributed by atoms with Crippen LogP contribution >= 0.6 is 0 Å². The maximum absolute atomic E-state index is 13.6. The first-order valence-corrected chi connectivity index (χ1v) is 9.23. The molecule has 12 heteroatoms. The van der Waals surface area contributed by atoms with Crippen LogP contribution in [0.3, 0.4) is 0 Å². The molecule has 1 fully saturated rings. The van der Waals surface area contributed by atoms with Crippen molar-refractivity contribution in [2.45, 2.75) is 38.2 Å². The molecule has 1 aliphatic rings. The van der Waals surface area contributed by atoms with E-state index in [0.717, 1.165) is 12.1 Å². The average molecular weight is 443 g/mol. The molecule has 3 rings (SSSR count). The second-order valence-electron chi connectivity index (χ2n) is 6.85. The normalized spacial score (nSPS) is 23.4. The first kappa shape index (κ1) is 22.7. The van der Waals surface area contributed by atoms with Crippen LogP contribution in [0.5, 0.6) is 0 Å². The molecule has 0 N–H and O–H groups in total. The quantitative estimate of drug-likeness (QED) is 0.492. The van der Waals surface area contributed by atoms with Crippen LogP contribution in [0.2, 0.25) is 0 Å². The van der Waals surface area contributed by atoms with Gasteiger partial charge in [-0.3, -0.25) is 9.59 Å². The fourth-order valence-corrected chi connectivity index (χ4v) is 3.31. The van der Waals surface area contributed by atoms with Crippen LogP contribution in [0.15, 0.2) is 18.3 Å². The SMILES string of the molecule is COC1COC(COC(C)=O)C(OC(C)=O)C1n1cc(-c2cc(F)c(F)c(F)c2)nn1. The number of methoxy groups -OCH3 is 1. The van der Waals surface area contributed by atoms with E-state index >= 15 is 0 Å². The van der Waals surface area contributed by atoms with E-state index in [1.807, 2.05) is 0 Å². The smallest absolute Gasteiger partial charge is 0.303 e. The molecule has 1 aromatic carbocycles. The fraction of sp³-hybridized carbons (Fsp3) is 0.474. The average Bonchev–Trinajstić information content (AvgIpc) is 3.19. The monoisotopic (exact) mass is 443 g/mol. The third-order valence-corrected chi connectivity index (χ3v) is 4.71. The minimum absolute atomic E-state index is 0.0378. The van der Waals surface area contributed by atoms with E-state index in [1.54, 1.807) is 0 Å². The Hall–Kier alpha value is -2.99. The summed E-state index contributed by atoms with van der Waals surface area (Å²) in [7, 11) is 1.42. The van der Waals surface area contributed by atoms with Gasteiger partial charge in [-0.1, -0.05) is 5.21 Å². The molecule has 0 saturated carbocycles. The number of aromatic nitrogens is 3. The van der Waals surface area contributed by atoms with Gasteiger partial charge >= 0.3 is 11.9 Å². The standard InChI is InChI=1S/C19H20F3N3O6/c1-9(26)29-8-16-19(31-10(2)27)18(15(28-3)7-30-16)25-6-14(23-24-25)11-4-12(20)17(22)13(21)5-11/h4-6,15-16,18-19H,7-8H2,1-3H3. The highest BCUT2D eigenvalue weighted by Gasteiger charge is 2.45. The Balaban J connectivity index is 1.96. The van der Waals surface area contributed by atoms with Gasteiger partial charge in [0.25, 0.3) is 0 Å². The van der Waals surface area contributed by atoms with E-state index < -0.39 is 53.7 Å². The summed E-state index contributed by atoms with van der Waals surface area (Å²) < 4.78 is 63.3. The van der Waals surface area contributed by atoms with Gasteiger partial charge in [0, 0.05) is 26.5 Å². The largest absolute Gasteiger partial charge is 0.463 e. The van der Waals surface area contributed by atoms with Gasteiger partial charge in [-0.2, -0.15) is 0 Å². The van der Waals surface area contributed by atoms with Crippen molar-refractivity contribution in [2.75, 3.05) is 20.3 Å². The predicted molar refractivity (Wildman–Crippen MR) is 97.1 cm³/mol. The van der Waals surface area contributed by atoms with Crippen molar-refractivity contribution in [3.05, 3.63) is 35.8 Å². The lowest BCUT2D eigenvalue weighted by Gasteiger charge is -2.40. The zero-order valence-electron chi connectivity index (χ0n) is 16.9. The lowest BCUT2D eigenvalue weighted by molar-refractivity contribution is -0.201. The van der Waals surface area contributed by atoms with Crippen molar-refractivity contribution in [3.63, 3.8) is 0 Å². The molecule has 9 nitrogen and oxygen atoms in total. The predicted octanol–water partition coefficient (Wildman–Crippen LogP) is 1.81. The molecular formula is C19H20F3N3O6. The summed E-state index contributed by atoms with van der Waals surface area (Å²) in [5.41, 5.74) is 0.0152. The number of carbonyl (C=O) groups is 2. The zero-order chi connectivity index (χ0) is 22.7. The van der Waals surface area contributed by atoms with E-state index in [9.17, 15) is 22.8 Å². The van der Waals surface area contributed by atoms with Crippen LogP contribution in [-0.4, -0.2) is 65.6 Å². The summed E-state index contributed by atoms with van der Waals surface area (Å²) in [5.74, 6) is -5.50. The Labute approximate surface area is 175 Å².